The minimum atomic E-state index is -4.53. The van der Waals surface area contributed by atoms with Gasteiger partial charge in [-0.25, -0.2) is 4.98 Å². The van der Waals surface area contributed by atoms with Crippen LogP contribution in [0.15, 0.2) is 16.7 Å². The highest BCUT2D eigenvalue weighted by atomic mass is 79.9. The first kappa shape index (κ1) is 12.4. The quantitative estimate of drug-likeness (QED) is 0.670. The summed E-state index contributed by atoms with van der Waals surface area (Å²) in [5.74, 6) is -0.933. The van der Waals surface area contributed by atoms with Crippen LogP contribution in [0.3, 0.4) is 0 Å². The van der Waals surface area contributed by atoms with Gasteiger partial charge in [0.1, 0.15) is 6.04 Å². The Hall–Kier alpha value is -0.690. The summed E-state index contributed by atoms with van der Waals surface area (Å²) in [6.45, 7) is 0. The third kappa shape index (κ3) is 3.42. The lowest BCUT2D eigenvalue weighted by molar-refractivity contribution is -0.147. The minimum Gasteiger partial charge on any atom is -0.320 e. The number of alkyl halides is 3. The Labute approximate surface area is 91.6 Å². The third-order valence-corrected chi connectivity index (χ3v) is 2.17. The van der Waals surface area contributed by atoms with Gasteiger partial charge in [0.05, 0.1) is 0 Å². The number of hydrogen-bond acceptors (Lipinski definition) is 2. The summed E-state index contributed by atoms with van der Waals surface area (Å²) in [7, 11) is 0. The van der Waals surface area contributed by atoms with Crippen molar-refractivity contribution in [2.75, 3.05) is 0 Å². The lowest BCUT2D eigenvalue weighted by atomic mass is 10.1. The molecule has 0 amide bonds. The molecule has 15 heavy (non-hydrogen) atoms. The van der Waals surface area contributed by atoms with Crippen molar-refractivity contribution in [2.45, 2.75) is 18.6 Å². The Morgan fingerprint density at radius 1 is 1.47 bits per heavy atom. The van der Waals surface area contributed by atoms with Crippen LogP contribution in [0.2, 0.25) is 0 Å². The van der Waals surface area contributed by atoms with Gasteiger partial charge in [-0.3, -0.25) is 0 Å². The second-order valence-electron chi connectivity index (χ2n) is 2.96. The molecule has 1 rings (SSSR count). The average Bonchev–Trinajstić information content (AvgIpc) is 2.09. The molecule has 0 saturated carbocycles. The van der Waals surface area contributed by atoms with Crippen LogP contribution in [0.5, 0.6) is 0 Å². The summed E-state index contributed by atoms with van der Waals surface area (Å²) in [6.07, 6.45) is -3.99. The van der Waals surface area contributed by atoms with E-state index < -0.39 is 24.6 Å². The maximum absolute atomic E-state index is 13.0. The van der Waals surface area contributed by atoms with Crippen molar-refractivity contribution in [3.63, 3.8) is 0 Å². The average molecular weight is 287 g/mol. The highest BCUT2D eigenvalue weighted by molar-refractivity contribution is 9.10. The molecule has 0 fully saturated rings. The second-order valence-corrected chi connectivity index (χ2v) is 3.87. The molecule has 1 aromatic heterocycles. The van der Waals surface area contributed by atoms with Crippen LogP contribution in [0, 0.1) is 5.95 Å². The normalized spacial score (nSPS) is 14.0. The minimum absolute atomic E-state index is 0.158. The zero-order chi connectivity index (χ0) is 11.6. The van der Waals surface area contributed by atoms with E-state index in [-0.39, 0.29) is 5.56 Å². The molecule has 0 saturated heterocycles. The van der Waals surface area contributed by atoms with E-state index in [9.17, 15) is 17.6 Å². The summed E-state index contributed by atoms with van der Waals surface area (Å²) in [5, 5.41) is 0. The molecule has 7 heteroatoms. The van der Waals surface area contributed by atoms with Crippen LogP contribution in [0.1, 0.15) is 5.56 Å². The molecule has 1 atom stereocenters. The molecular weight excluding hydrogens is 280 g/mol. The van der Waals surface area contributed by atoms with E-state index in [1.807, 2.05) is 0 Å². The monoisotopic (exact) mass is 286 g/mol. The molecule has 0 aromatic carbocycles. The number of aromatic nitrogens is 1. The molecule has 84 valence electrons. The standard InChI is InChI=1S/C8H7BrF4N2/c9-5-1-4(7(10)15-3-5)2-6(14)8(11,12)13/h1,3,6H,2,14H2. The molecule has 1 aromatic rings. The first-order valence-corrected chi connectivity index (χ1v) is 4.72. The second kappa shape index (κ2) is 4.44. The molecule has 1 unspecified atom stereocenters. The van der Waals surface area contributed by atoms with Gasteiger partial charge in [0.15, 0.2) is 0 Å². The molecule has 2 N–H and O–H groups in total. The van der Waals surface area contributed by atoms with Crippen LogP contribution < -0.4 is 5.73 Å². The largest absolute Gasteiger partial charge is 0.403 e. The first-order valence-electron chi connectivity index (χ1n) is 3.93. The van der Waals surface area contributed by atoms with Gasteiger partial charge < -0.3 is 5.73 Å². The lowest BCUT2D eigenvalue weighted by Crippen LogP contribution is -2.39. The maximum atomic E-state index is 13.0. The number of nitrogens with zero attached hydrogens (tertiary/aromatic N) is 1. The predicted molar refractivity (Wildman–Crippen MR) is 49.6 cm³/mol. The number of hydrogen-bond donors (Lipinski definition) is 1. The number of nitrogens with two attached hydrogens (primary N) is 1. The van der Waals surface area contributed by atoms with Crippen LogP contribution in [0.4, 0.5) is 17.6 Å². The smallest absolute Gasteiger partial charge is 0.320 e. The van der Waals surface area contributed by atoms with Crippen molar-refractivity contribution in [1.82, 2.24) is 4.98 Å². The molecule has 0 bridgehead atoms. The van der Waals surface area contributed by atoms with Crippen molar-refractivity contribution in [1.29, 1.82) is 0 Å². The van der Waals surface area contributed by atoms with E-state index in [0.717, 1.165) is 6.20 Å². The summed E-state index contributed by atoms with van der Waals surface area (Å²) in [6, 6.07) is -0.850. The predicted octanol–water partition coefficient (Wildman–Crippen LogP) is 2.42. The van der Waals surface area contributed by atoms with E-state index >= 15 is 0 Å². The van der Waals surface area contributed by atoms with Crippen molar-refractivity contribution >= 4 is 15.9 Å². The number of pyridine rings is 1. The van der Waals surface area contributed by atoms with Crippen molar-refractivity contribution in [2.24, 2.45) is 5.73 Å². The van der Waals surface area contributed by atoms with E-state index in [2.05, 4.69) is 20.9 Å². The van der Waals surface area contributed by atoms with Gasteiger partial charge in [0, 0.05) is 22.7 Å². The maximum Gasteiger partial charge on any atom is 0.403 e. The fourth-order valence-electron chi connectivity index (χ4n) is 0.960. The van der Waals surface area contributed by atoms with E-state index in [1.54, 1.807) is 0 Å². The van der Waals surface area contributed by atoms with Gasteiger partial charge in [-0.15, -0.1) is 0 Å². The number of halogens is 5. The first-order chi connectivity index (χ1) is 6.80. The van der Waals surface area contributed by atoms with Gasteiger partial charge >= 0.3 is 6.18 Å². The molecular formula is C8H7BrF4N2. The van der Waals surface area contributed by atoms with Crippen molar-refractivity contribution in [3.8, 4) is 0 Å². The third-order valence-electron chi connectivity index (χ3n) is 1.74. The molecule has 0 spiro atoms. The van der Waals surface area contributed by atoms with Crippen LogP contribution in [-0.4, -0.2) is 17.2 Å². The zero-order valence-corrected chi connectivity index (χ0v) is 8.94. The number of rotatable bonds is 2. The topological polar surface area (TPSA) is 38.9 Å². The SMILES string of the molecule is NC(Cc1cc(Br)cnc1F)C(F)(F)F. The fourth-order valence-corrected chi connectivity index (χ4v) is 1.34. The summed E-state index contributed by atoms with van der Waals surface area (Å²) in [4.78, 5) is 3.28. The van der Waals surface area contributed by atoms with Gasteiger partial charge in [-0.05, 0) is 22.0 Å². The van der Waals surface area contributed by atoms with Crippen molar-refractivity contribution < 1.29 is 17.6 Å². The molecule has 2 nitrogen and oxygen atoms in total. The molecule has 1 heterocycles. The Morgan fingerprint density at radius 2 is 2.07 bits per heavy atom. The summed E-state index contributed by atoms with van der Waals surface area (Å²) < 4.78 is 49.6. The highest BCUT2D eigenvalue weighted by Crippen LogP contribution is 2.23. The lowest BCUT2D eigenvalue weighted by Gasteiger charge is -2.15. The van der Waals surface area contributed by atoms with E-state index in [1.165, 1.54) is 6.07 Å². The van der Waals surface area contributed by atoms with Gasteiger partial charge in [0.2, 0.25) is 5.95 Å². The van der Waals surface area contributed by atoms with Crippen LogP contribution in [-0.2, 0) is 6.42 Å². The van der Waals surface area contributed by atoms with Gasteiger partial charge in [0.25, 0.3) is 0 Å². The Morgan fingerprint density at radius 3 is 2.60 bits per heavy atom. The molecule has 0 aliphatic rings. The van der Waals surface area contributed by atoms with Crippen LogP contribution in [0.25, 0.3) is 0 Å². The molecule has 0 aliphatic carbocycles. The summed E-state index contributed by atoms with van der Waals surface area (Å²) >= 11 is 2.99. The zero-order valence-electron chi connectivity index (χ0n) is 7.35. The highest BCUT2D eigenvalue weighted by Gasteiger charge is 2.37. The van der Waals surface area contributed by atoms with E-state index in [4.69, 9.17) is 5.73 Å². The fraction of sp³-hybridized carbons (Fsp3) is 0.375. The molecule has 0 aliphatic heterocycles. The van der Waals surface area contributed by atoms with Crippen LogP contribution >= 0.6 is 15.9 Å². The van der Waals surface area contributed by atoms with Gasteiger partial charge in [-0.2, -0.15) is 17.6 Å². The van der Waals surface area contributed by atoms with Crippen molar-refractivity contribution in [3.05, 3.63) is 28.2 Å². The Kier molecular flexibility index (Phi) is 3.67. The van der Waals surface area contributed by atoms with Gasteiger partial charge in [-0.1, -0.05) is 0 Å². The van der Waals surface area contributed by atoms with E-state index in [0.29, 0.717) is 4.47 Å². The Bertz CT molecular complexity index is 353. The molecule has 0 radical (unpaired) electrons. The summed E-state index contributed by atoms with van der Waals surface area (Å²) in [5.41, 5.74) is 4.71. The Balaban J connectivity index is 2.85.